The first-order valence-electron chi connectivity index (χ1n) is 6.59. The summed E-state index contributed by atoms with van der Waals surface area (Å²) in [5.41, 5.74) is -1.03. The van der Waals surface area contributed by atoms with E-state index in [1.807, 2.05) is 0 Å². The third-order valence-electron chi connectivity index (χ3n) is 2.96. The lowest BCUT2D eigenvalue weighted by atomic mass is 10.2. The maximum Gasteiger partial charge on any atom is 0.314 e. The van der Waals surface area contributed by atoms with Crippen molar-refractivity contribution in [2.75, 3.05) is 10.6 Å². The van der Waals surface area contributed by atoms with Crippen LogP contribution in [0.3, 0.4) is 0 Å². The first kappa shape index (κ1) is 17.8. The highest BCUT2D eigenvalue weighted by Crippen LogP contribution is 2.27. The third kappa shape index (κ3) is 4.26. The summed E-state index contributed by atoms with van der Waals surface area (Å²) in [5, 5.41) is 25.8. The highest BCUT2D eigenvalue weighted by Gasteiger charge is 2.21. The van der Waals surface area contributed by atoms with E-state index in [0.717, 1.165) is 18.2 Å². The normalized spacial score (nSPS) is 9.96. The number of nitro groups is 2. The first-order chi connectivity index (χ1) is 11.8. The number of amides is 2. The van der Waals surface area contributed by atoms with E-state index in [4.69, 9.17) is 11.6 Å². The van der Waals surface area contributed by atoms with E-state index in [1.54, 1.807) is 0 Å². The summed E-state index contributed by atoms with van der Waals surface area (Å²) in [5.74, 6) is -2.39. The van der Waals surface area contributed by atoms with E-state index < -0.39 is 27.3 Å². The number of hydrogen-bond donors (Lipinski definition) is 2. The van der Waals surface area contributed by atoms with Crippen molar-refractivity contribution in [2.24, 2.45) is 0 Å². The van der Waals surface area contributed by atoms with E-state index in [0.29, 0.717) is 0 Å². The van der Waals surface area contributed by atoms with Crippen molar-refractivity contribution in [3.8, 4) is 0 Å². The van der Waals surface area contributed by atoms with Crippen LogP contribution in [0.25, 0.3) is 0 Å². The predicted octanol–water partition coefficient (Wildman–Crippen LogP) is 2.73. The van der Waals surface area contributed by atoms with Crippen molar-refractivity contribution in [1.82, 2.24) is 0 Å². The number of nitrogens with zero attached hydrogens (tertiary/aromatic N) is 2. The Morgan fingerprint density at radius 1 is 0.880 bits per heavy atom. The lowest BCUT2D eigenvalue weighted by molar-refractivity contribution is -0.384. The van der Waals surface area contributed by atoms with Gasteiger partial charge in [0.05, 0.1) is 20.6 Å². The van der Waals surface area contributed by atoms with E-state index in [2.05, 4.69) is 10.6 Å². The van der Waals surface area contributed by atoms with Gasteiger partial charge in [-0.25, -0.2) is 0 Å². The summed E-state index contributed by atoms with van der Waals surface area (Å²) in [6.07, 6.45) is 0. The maximum absolute atomic E-state index is 11.9. The molecule has 10 nitrogen and oxygen atoms in total. The minimum Gasteiger partial charge on any atom is -0.316 e. The number of nitro benzene ring substituents is 2. The van der Waals surface area contributed by atoms with Gasteiger partial charge in [0.2, 0.25) is 0 Å². The molecule has 0 fully saturated rings. The standard InChI is InChI=1S/C14H9ClN4O6/c15-9-6-5-8(18(22)23)7-11(9)17-14(21)13(20)16-10-3-1-2-4-12(10)19(24)25/h1-7H,(H,16,20)(H,17,21). The van der Waals surface area contributed by atoms with Crippen LogP contribution in [0.5, 0.6) is 0 Å². The quantitative estimate of drug-likeness (QED) is 0.484. The second-order valence-electron chi connectivity index (χ2n) is 4.60. The number of carbonyl (C=O) groups excluding carboxylic acids is 2. The molecule has 0 spiro atoms. The Morgan fingerprint density at radius 3 is 2.08 bits per heavy atom. The number of benzene rings is 2. The molecule has 2 aromatic rings. The highest BCUT2D eigenvalue weighted by atomic mass is 35.5. The number of halogens is 1. The molecule has 0 unspecified atom stereocenters. The largest absolute Gasteiger partial charge is 0.316 e. The fraction of sp³-hybridized carbons (Fsp3) is 0. The van der Waals surface area contributed by atoms with Gasteiger partial charge in [0.25, 0.3) is 11.4 Å². The Kier molecular flexibility index (Phi) is 5.25. The molecule has 0 aliphatic carbocycles. The van der Waals surface area contributed by atoms with Gasteiger partial charge in [-0.15, -0.1) is 0 Å². The molecule has 2 amide bonds. The fourth-order valence-electron chi connectivity index (χ4n) is 1.82. The van der Waals surface area contributed by atoms with Gasteiger partial charge in [0, 0.05) is 18.2 Å². The van der Waals surface area contributed by atoms with Crippen LogP contribution in [-0.2, 0) is 9.59 Å². The molecule has 0 saturated heterocycles. The zero-order valence-electron chi connectivity index (χ0n) is 12.3. The molecule has 0 saturated carbocycles. The van der Waals surface area contributed by atoms with Gasteiger partial charge in [0.15, 0.2) is 0 Å². The Morgan fingerprint density at radius 2 is 1.48 bits per heavy atom. The Labute approximate surface area is 144 Å². The number of anilines is 2. The Bertz CT molecular complexity index is 885. The molecule has 0 radical (unpaired) electrons. The van der Waals surface area contributed by atoms with Gasteiger partial charge in [0.1, 0.15) is 5.69 Å². The monoisotopic (exact) mass is 364 g/mol. The van der Waals surface area contributed by atoms with Gasteiger partial charge in [-0.2, -0.15) is 0 Å². The number of para-hydroxylation sites is 2. The van der Waals surface area contributed by atoms with Gasteiger partial charge in [-0.3, -0.25) is 29.8 Å². The Balaban J connectivity index is 2.17. The molecule has 25 heavy (non-hydrogen) atoms. The van der Waals surface area contributed by atoms with Gasteiger partial charge >= 0.3 is 11.8 Å². The average Bonchev–Trinajstić information content (AvgIpc) is 2.56. The number of nitrogens with one attached hydrogen (secondary N) is 2. The SMILES string of the molecule is O=C(Nc1cc([N+](=O)[O-])ccc1Cl)C(=O)Nc1ccccc1[N+](=O)[O-]. The smallest absolute Gasteiger partial charge is 0.314 e. The van der Waals surface area contributed by atoms with Crippen molar-refractivity contribution in [3.05, 3.63) is 67.7 Å². The number of hydrogen-bond acceptors (Lipinski definition) is 6. The van der Waals surface area contributed by atoms with Crippen LogP contribution in [0.2, 0.25) is 5.02 Å². The maximum atomic E-state index is 11.9. The van der Waals surface area contributed by atoms with E-state index in [1.165, 1.54) is 24.3 Å². The van der Waals surface area contributed by atoms with Crippen LogP contribution in [0.15, 0.2) is 42.5 Å². The molecule has 0 aliphatic rings. The minimum atomic E-state index is -1.20. The molecule has 11 heteroatoms. The van der Waals surface area contributed by atoms with E-state index in [-0.39, 0.29) is 22.1 Å². The topological polar surface area (TPSA) is 144 Å². The predicted molar refractivity (Wildman–Crippen MR) is 88.5 cm³/mol. The molecular weight excluding hydrogens is 356 g/mol. The van der Waals surface area contributed by atoms with Crippen LogP contribution in [-0.4, -0.2) is 21.7 Å². The average molecular weight is 365 g/mol. The highest BCUT2D eigenvalue weighted by molar-refractivity contribution is 6.45. The molecule has 2 N–H and O–H groups in total. The van der Waals surface area contributed by atoms with Gasteiger partial charge in [-0.05, 0) is 12.1 Å². The van der Waals surface area contributed by atoms with Crippen molar-refractivity contribution >= 4 is 46.2 Å². The van der Waals surface area contributed by atoms with E-state index >= 15 is 0 Å². The van der Waals surface area contributed by atoms with Crippen molar-refractivity contribution in [3.63, 3.8) is 0 Å². The van der Waals surface area contributed by atoms with Crippen molar-refractivity contribution in [1.29, 1.82) is 0 Å². The number of rotatable bonds is 4. The lowest BCUT2D eigenvalue weighted by Gasteiger charge is -2.08. The Hall–Kier alpha value is -3.53. The lowest BCUT2D eigenvalue weighted by Crippen LogP contribution is -2.29. The molecule has 2 aromatic carbocycles. The van der Waals surface area contributed by atoms with Crippen molar-refractivity contribution in [2.45, 2.75) is 0 Å². The fourth-order valence-corrected chi connectivity index (χ4v) is 1.98. The summed E-state index contributed by atoms with van der Waals surface area (Å²) in [7, 11) is 0. The molecule has 2 rings (SSSR count). The zero-order valence-corrected chi connectivity index (χ0v) is 13.0. The summed E-state index contributed by atoms with van der Waals surface area (Å²) in [4.78, 5) is 44.0. The number of carbonyl (C=O) groups is 2. The van der Waals surface area contributed by atoms with Gasteiger partial charge < -0.3 is 10.6 Å². The van der Waals surface area contributed by atoms with Crippen LogP contribution in [0.1, 0.15) is 0 Å². The summed E-state index contributed by atoms with van der Waals surface area (Å²) in [6, 6.07) is 8.56. The van der Waals surface area contributed by atoms with Crippen LogP contribution >= 0.6 is 11.6 Å². The molecule has 128 valence electrons. The van der Waals surface area contributed by atoms with Crippen LogP contribution in [0, 0.1) is 20.2 Å². The van der Waals surface area contributed by atoms with Crippen molar-refractivity contribution < 1.29 is 19.4 Å². The van der Waals surface area contributed by atoms with Gasteiger partial charge in [-0.1, -0.05) is 23.7 Å². The first-order valence-corrected chi connectivity index (χ1v) is 6.97. The molecule has 0 bridgehead atoms. The zero-order chi connectivity index (χ0) is 18.6. The van der Waals surface area contributed by atoms with E-state index in [9.17, 15) is 29.8 Å². The molecular formula is C14H9ClN4O6. The summed E-state index contributed by atoms with van der Waals surface area (Å²) >= 11 is 5.82. The minimum absolute atomic E-state index is 0.0163. The second kappa shape index (κ2) is 7.36. The molecule has 0 heterocycles. The molecule has 0 atom stereocenters. The second-order valence-corrected chi connectivity index (χ2v) is 5.01. The summed E-state index contributed by atoms with van der Waals surface area (Å²) in [6.45, 7) is 0. The third-order valence-corrected chi connectivity index (χ3v) is 3.29. The van der Waals surface area contributed by atoms with Crippen LogP contribution < -0.4 is 10.6 Å². The summed E-state index contributed by atoms with van der Waals surface area (Å²) < 4.78 is 0. The molecule has 0 aliphatic heterocycles. The van der Waals surface area contributed by atoms with Crippen LogP contribution in [0.4, 0.5) is 22.7 Å². The number of non-ortho nitro benzene ring substituents is 1. The molecule has 0 aromatic heterocycles.